The van der Waals surface area contributed by atoms with Crippen LogP contribution in [0.2, 0.25) is 0 Å². The molecule has 9 heteroatoms. The molecule has 0 spiro atoms. The minimum absolute atomic E-state index is 0.155. The highest BCUT2D eigenvalue weighted by Gasteiger charge is 2.24. The van der Waals surface area contributed by atoms with Crippen LogP contribution >= 0.6 is 0 Å². The lowest BCUT2D eigenvalue weighted by atomic mass is 10.2. The van der Waals surface area contributed by atoms with Gasteiger partial charge in [0.15, 0.2) is 5.76 Å². The number of halogens is 2. The Labute approximate surface area is 196 Å². The summed E-state index contributed by atoms with van der Waals surface area (Å²) in [5.41, 5.74) is 0.971. The Bertz CT molecular complexity index is 1100. The highest BCUT2D eigenvalue weighted by molar-refractivity contribution is 5.91. The van der Waals surface area contributed by atoms with Crippen molar-refractivity contribution in [1.82, 2.24) is 14.7 Å². The molecule has 3 aromatic rings. The van der Waals surface area contributed by atoms with Crippen molar-refractivity contribution in [2.24, 2.45) is 0 Å². The third kappa shape index (κ3) is 5.99. The molecule has 2 aromatic carbocycles. The maximum Gasteiger partial charge on any atom is 0.322 e. The zero-order valence-corrected chi connectivity index (χ0v) is 18.6. The molecule has 1 aromatic heterocycles. The van der Waals surface area contributed by atoms with Gasteiger partial charge in [-0.15, -0.1) is 0 Å². The molecule has 1 aliphatic rings. The van der Waals surface area contributed by atoms with Crippen LogP contribution in [-0.2, 0) is 6.54 Å². The summed E-state index contributed by atoms with van der Waals surface area (Å²) in [4.78, 5) is 30.9. The average molecular weight is 469 g/mol. The van der Waals surface area contributed by atoms with Crippen LogP contribution in [0.3, 0.4) is 0 Å². The Morgan fingerprint density at radius 2 is 1.68 bits per heavy atom. The molecule has 1 N–H and O–H groups in total. The second kappa shape index (κ2) is 10.9. The third-order valence-electron chi connectivity index (χ3n) is 5.77. The second-order valence-electron chi connectivity index (χ2n) is 8.07. The van der Waals surface area contributed by atoms with Crippen LogP contribution in [-0.4, -0.2) is 65.9 Å². The van der Waals surface area contributed by atoms with E-state index in [1.807, 2.05) is 0 Å². The van der Waals surface area contributed by atoms with E-state index >= 15 is 0 Å². The van der Waals surface area contributed by atoms with Crippen molar-refractivity contribution in [2.75, 3.05) is 44.6 Å². The van der Waals surface area contributed by atoms with Gasteiger partial charge in [-0.1, -0.05) is 24.3 Å². The number of urea groups is 1. The number of nitrogens with zero attached hydrogens (tertiary/aromatic N) is 3. The van der Waals surface area contributed by atoms with Crippen LogP contribution in [0, 0.1) is 11.6 Å². The Hall–Kier alpha value is -3.72. The smallest absolute Gasteiger partial charge is 0.322 e. The summed E-state index contributed by atoms with van der Waals surface area (Å²) in [5, 5.41) is 2.61. The van der Waals surface area contributed by atoms with Gasteiger partial charge in [0.1, 0.15) is 11.6 Å². The number of para-hydroxylation sites is 1. The van der Waals surface area contributed by atoms with Crippen LogP contribution in [0.25, 0.3) is 0 Å². The molecule has 0 bridgehead atoms. The SMILES string of the molecule is O=C(Nc1ccccc1F)N1CCN(CCN(Cc2ccc(F)cc2)C(=O)c2ccco2)CC1. The van der Waals surface area contributed by atoms with E-state index in [1.165, 1.54) is 30.5 Å². The molecule has 0 unspecified atom stereocenters. The highest BCUT2D eigenvalue weighted by atomic mass is 19.1. The van der Waals surface area contributed by atoms with Crippen LogP contribution < -0.4 is 5.32 Å². The Morgan fingerprint density at radius 3 is 2.35 bits per heavy atom. The third-order valence-corrected chi connectivity index (χ3v) is 5.77. The molecule has 0 atom stereocenters. The average Bonchev–Trinajstić information content (AvgIpc) is 3.39. The summed E-state index contributed by atoms with van der Waals surface area (Å²) in [6, 6.07) is 15.1. The first-order chi connectivity index (χ1) is 16.5. The van der Waals surface area contributed by atoms with Crippen molar-refractivity contribution in [3.05, 3.63) is 89.9 Å². The summed E-state index contributed by atoms with van der Waals surface area (Å²) in [6.45, 7) is 3.61. The first-order valence-corrected chi connectivity index (χ1v) is 11.1. The second-order valence-corrected chi connectivity index (χ2v) is 8.07. The van der Waals surface area contributed by atoms with Crippen LogP contribution in [0.15, 0.2) is 71.3 Å². The maximum atomic E-state index is 13.8. The quantitative estimate of drug-likeness (QED) is 0.568. The van der Waals surface area contributed by atoms with Gasteiger partial charge in [0.2, 0.25) is 0 Å². The number of carbonyl (C=O) groups excluding carboxylic acids is 2. The molecule has 178 valence electrons. The van der Waals surface area contributed by atoms with Crippen LogP contribution in [0.5, 0.6) is 0 Å². The van der Waals surface area contributed by atoms with E-state index in [9.17, 15) is 18.4 Å². The number of anilines is 1. The van der Waals surface area contributed by atoms with E-state index in [-0.39, 0.29) is 29.2 Å². The first-order valence-electron chi connectivity index (χ1n) is 11.1. The molecule has 0 aliphatic carbocycles. The fraction of sp³-hybridized carbons (Fsp3) is 0.280. The van der Waals surface area contributed by atoms with E-state index in [1.54, 1.807) is 46.2 Å². The largest absolute Gasteiger partial charge is 0.459 e. The Balaban J connectivity index is 1.31. The molecule has 1 saturated heterocycles. The number of piperazine rings is 1. The van der Waals surface area contributed by atoms with Gasteiger partial charge in [0.05, 0.1) is 12.0 Å². The van der Waals surface area contributed by atoms with Crippen molar-refractivity contribution in [1.29, 1.82) is 0 Å². The molecule has 0 saturated carbocycles. The summed E-state index contributed by atoms with van der Waals surface area (Å²) in [5.74, 6) is -0.796. The van der Waals surface area contributed by atoms with Crippen molar-refractivity contribution >= 4 is 17.6 Å². The molecule has 4 rings (SSSR count). The van der Waals surface area contributed by atoms with E-state index in [0.717, 1.165) is 5.56 Å². The van der Waals surface area contributed by atoms with Crippen LogP contribution in [0.1, 0.15) is 16.1 Å². The number of benzene rings is 2. The van der Waals surface area contributed by atoms with Gasteiger partial charge in [-0.3, -0.25) is 9.69 Å². The number of rotatable bonds is 7. The minimum Gasteiger partial charge on any atom is -0.459 e. The van der Waals surface area contributed by atoms with E-state index in [4.69, 9.17) is 4.42 Å². The monoisotopic (exact) mass is 468 g/mol. The van der Waals surface area contributed by atoms with Gasteiger partial charge < -0.3 is 19.5 Å². The number of carbonyl (C=O) groups is 2. The zero-order chi connectivity index (χ0) is 23.9. The lowest BCUT2D eigenvalue weighted by Crippen LogP contribution is -2.51. The van der Waals surface area contributed by atoms with E-state index < -0.39 is 5.82 Å². The number of nitrogens with one attached hydrogen (secondary N) is 1. The van der Waals surface area contributed by atoms with Gasteiger partial charge >= 0.3 is 6.03 Å². The summed E-state index contributed by atoms with van der Waals surface area (Å²) >= 11 is 0. The molecule has 34 heavy (non-hydrogen) atoms. The lowest BCUT2D eigenvalue weighted by Gasteiger charge is -2.35. The van der Waals surface area contributed by atoms with Gasteiger partial charge in [0.25, 0.3) is 5.91 Å². The summed E-state index contributed by atoms with van der Waals surface area (Å²) in [6.07, 6.45) is 1.45. The normalized spacial score (nSPS) is 14.1. The topological polar surface area (TPSA) is 69.0 Å². The fourth-order valence-electron chi connectivity index (χ4n) is 3.81. The zero-order valence-electron chi connectivity index (χ0n) is 18.6. The maximum absolute atomic E-state index is 13.8. The molecule has 3 amide bonds. The molecule has 1 aliphatic heterocycles. The number of hydrogen-bond acceptors (Lipinski definition) is 4. The van der Waals surface area contributed by atoms with Gasteiger partial charge in [-0.2, -0.15) is 0 Å². The van der Waals surface area contributed by atoms with Crippen molar-refractivity contribution in [2.45, 2.75) is 6.54 Å². The molecule has 2 heterocycles. The highest BCUT2D eigenvalue weighted by Crippen LogP contribution is 2.15. The summed E-state index contributed by atoms with van der Waals surface area (Å²) in [7, 11) is 0. The standard InChI is InChI=1S/C25H26F2N4O3/c26-20-9-7-19(8-10-20)18-31(24(32)23-6-3-17-34-23)16-13-29-11-14-30(15-12-29)25(33)28-22-5-2-1-4-21(22)27/h1-10,17H,11-16,18H2,(H,28,33). The lowest BCUT2D eigenvalue weighted by molar-refractivity contribution is 0.0673. The molecule has 7 nitrogen and oxygen atoms in total. The summed E-state index contributed by atoms with van der Waals surface area (Å²) < 4.78 is 32.4. The van der Waals surface area contributed by atoms with E-state index in [0.29, 0.717) is 45.8 Å². The molecular weight excluding hydrogens is 442 g/mol. The van der Waals surface area contributed by atoms with Gasteiger partial charge in [-0.25, -0.2) is 13.6 Å². The van der Waals surface area contributed by atoms with Crippen LogP contribution in [0.4, 0.5) is 19.3 Å². The predicted octanol–water partition coefficient (Wildman–Crippen LogP) is 4.05. The Kier molecular flexibility index (Phi) is 7.54. The Morgan fingerprint density at radius 1 is 0.941 bits per heavy atom. The fourth-order valence-corrected chi connectivity index (χ4v) is 3.81. The molecule has 0 radical (unpaired) electrons. The van der Waals surface area contributed by atoms with Crippen molar-refractivity contribution in [3.63, 3.8) is 0 Å². The molecular formula is C25H26F2N4O3. The van der Waals surface area contributed by atoms with Crippen molar-refractivity contribution in [3.8, 4) is 0 Å². The number of amides is 3. The van der Waals surface area contributed by atoms with Crippen molar-refractivity contribution < 1.29 is 22.8 Å². The number of hydrogen-bond donors (Lipinski definition) is 1. The number of furan rings is 1. The van der Waals surface area contributed by atoms with Gasteiger partial charge in [-0.05, 0) is 42.0 Å². The minimum atomic E-state index is -0.475. The van der Waals surface area contributed by atoms with Gasteiger partial charge in [0, 0.05) is 45.8 Å². The predicted molar refractivity (Wildman–Crippen MR) is 123 cm³/mol. The first kappa shape index (κ1) is 23.4. The van der Waals surface area contributed by atoms with E-state index in [2.05, 4.69) is 10.2 Å². The molecule has 1 fully saturated rings.